The molecule has 21 heavy (non-hydrogen) atoms. The molecular formula is C17H26BrNO2. The minimum atomic E-state index is 0.408. The number of halogens is 1. The molecule has 1 fully saturated rings. The summed E-state index contributed by atoms with van der Waals surface area (Å²) in [5.41, 5.74) is 1.19. The fourth-order valence-corrected chi connectivity index (χ4v) is 3.38. The highest BCUT2D eigenvalue weighted by atomic mass is 79.9. The van der Waals surface area contributed by atoms with Crippen molar-refractivity contribution in [3.8, 4) is 5.75 Å². The van der Waals surface area contributed by atoms with Gasteiger partial charge in [0.25, 0.3) is 0 Å². The number of rotatable bonds is 7. The Morgan fingerprint density at radius 2 is 2.00 bits per heavy atom. The van der Waals surface area contributed by atoms with E-state index in [0.717, 1.165) is 16.8 Å². The van der Waals surface area contributed by atoms with E-state index in [1.807, 2.05) is 6.07 Å². The third kappa shape index (κ3) is 5.28. The summed E-state index contributed by atoms with van der Waals surface area (Å²) in [5.74, 6) is 0.862. The highest BCUT2D eigenvalue weighted by Crippen LogP contribution is 2.27. The van der Waals surface area contributed by atoms with Crippen LogP contribution in [0.2, 0.25) is 0 Å². The minimum absolute atomic E-state index is 0.408. The Kier molecular flexibility index (Phi) is 7.00. The quantitative estimate of drug-likeness (QED) is 0.791. The highest BCUT2D eigenvalue weighted by molar-refractivity contribution is 9.10. The van der Waals surface area contributed by atoms with E-state index in [2.05, 4.69) is 40.3 Å². The molecule has 0 saturated heterocycles. The summed E-state index contributed by atoms with van der Waals surface area (Å²) < 4.78 is 12.3. The van der Waals surface area contributed by atoms with Crippen LogP contribution in [0.25, 0.3) is 0 Å². The molecular weight excluding hydrogens is 330 g/mol. The highest BCUT2D eigenvalue weighted by Gasteiger charge is 2.21. The fraction of sp³-hybridized carbons (Fsp3) is 0.647. The topological polar surface area (TPSA) is 30.5 Å². The number of hydrogen-bond acceptors (Lipinski definition) is 3. The number of benzene rings is 1. The molecule has 1 aromatic rings. The fourth-order valence-electron chi connectivity index (χ4n) is 2.80. The van der Waals surface area contributed by atoms with Crippen molar-refractivity contribution in [1.29, 1.82) is 0 Å². The number of methoxy groups -OCH3 is 1. The number of ether oxygens (including phenoxy) is 2. The summed E-state index contributed by atoms with van der Waals surface area (Å²) in [6.45, 7) is 4.03. The molecule has 1 aromatic carbocycles. The van der Waals surface area contributed by atoms with Crippen LogP contribution < -0.4 is 10.1 Å². The van der Waals surface area contributed by atoms with Crippen LogP contribution in [0.5, 0.6) is 5.75 Å². The zero-order valence-corrected chi connectivity index (χ0v) is 14.6. The van der Waals surface area contributed by atoms with Crippen LogP contribution in [0.1, 0.15) is 44.6 Å². The first-order valence-corrected chi connectivity index (χ1v) is 8.69. The van der Waals surface area contributed by atoms with E-state index >= 15 is 0 Å². The maximum Gasteiger partial charge on any atom is 0.133 e. The summed E-state index contributed by atoms with van der Waals surface area (Å²) in [6.07, 6.45) is 6.42. The third-order valence-corrected chi connectivity index (χ3v) is 4.68. The van der Waals surface area contributed by atoms with Gasteiger partial charge in [0.05, 0.1) is 24.3 Å². The summed E-state index contributed by atoms with van der Waals surface area (Å²) in [7, 11) is 1.68. The predicted octanol–water partition coefficient (Wildman–Crippen LogP) is 4.29. The van der Waals surface area contributed by atoms with Gasteiger partial charge in [-0.15, -0.1) is 0 Å². The summed E-state index contributed by atoms with van der Waals surface area (Å²) in [4.78, 5) is 0. The van der Waals surface area contributed by atoms with E-state index in [1.54, 1.807) is 7.11 Å². The monoisotopic (exact) mass is 355 g/mol. The molecule has 118 valence electrons. The van der Waals surface area contributed by atoms with Gasteiger partial charge in [-0.3, -0.25) is 0 Å². The standard InChI is InChI=1S/C17H26BrNO2/c1-3-10-19-14-5-7-15(8-6-14)21-12-13-4-9-17(20-2)16(18)11-13/h4,9,11,14-15,19H,3,5-8,10,12H2,1-2H3. The van der Waals surface area contributed by atoms with Gasteiger partial charge >= 0.3 is 0 Å². The molecule has 1 saturated carbocycles. The second-order valence-electron chi connectivity index (χ2n) is 5.71. The third-order valence-electron chi connectivity index (χ3n) is 4.06. The first-order valence-electron chi connectivity index (χ1n) is 7.90. The van der Waals surface area contributed by atoms with E-state index in [9.17, 15) is 0 Å². The molecule has 0 aromatic heterocycles. The Balaban J connectivity index is 1.73. The van der Waals surface area contributed by atoms with Gasteiger partial charge in [-0.05, 0) is 72.3 Å². The zero-order chi connectivity index (χ0) is 15.1. The van der Waals surface area contributed by atoms with E-state index in [0.29, 0.717) is 18.8 Å². The lowest BCUT2D eigenvalue weighted by atomic mass is 9.93. The lowest BCUT2D eigenvalue weighted by Crippen LogP contribution is -2.35. The molecule has 0 spiro atoms. The molecule has 1 N–H and O–H groups in total. The lowest BCUT2D eigenvalue weighted by molar-refractivity contribution is 0.0113. The molecule has 2 rings (SSSR count). The van der Waals surface area contributed by atoms with Crippen molar-refractivity contribution in [2.24, 2.45) is 0 Å². The van der Waals surface area contributed by atoms with Crippen molar-refractivity contribution in [1.82, 2.24) is 5.32 Å². The van der Waals surface area contributed by atoms with Crippen molar-refractivity contribution in [2.75, 3.05) is 13.7 Å². The molecule has 0 radical (unpaired) electrons. The maximum absolute atomic E-state index is 6.06. The van der Waals surface area contributed by atoms with Crippen LogP contribution in [0, 0.1) is 0 Å². The summed E-state index contributed by atoms with van der Waals surface area (Å²) in [5, 5.41) is 3.61. The second kappa shape index (κ2) is 8.76. The molecule has 0 amide bonds. The van der Waals surface area contributed by atoms with Gasteiger partial charge in [0.1, 0.15) is 5.75 Å². The van der Waals surface area contributed by atoms with Crippen LogP contribution >= 0.6 is 15.9 Å². The lowest BCUT2D eigenvalue weighted by Gasteiger charge is -2.29. The normalized spacial score (nSPS) is 22.2. The van der Waals surface area contributed by atoms with Gasteiger partial charge < -0.3 is 14.8 Å². The molecule has 0 heterocycles. The van der Waals surface area contributed by atoms with Crippen LogP contribution in [-0.2, 0) is 11.3 Å². The van der Waals surface area contributed by atoms with Crippen molar-refractivity contribution < 1.29 is 9.47 Å². The first-order chi connectivity index (χ1) is 10.2. The summed E-state index contributed by atoms with van der Waals surface area (Å²) in [6, 6.07) is 6.82. The van der Waals surface area contributed by atoms with Gasteiger partial charge in [-0.25, -0.2) is 0 Å². The average Bonchev–Trinajstić information content (AvgIpc) is 2.52. The van der Waals surface area contributed by atoms with Gasteiger partial charge in [0, 0.05) is 6.04 Å². The molecule has 1 aliphatic rings. The molecule has 0 unspecified atom stereocenters. The number of hydrogen-bond donors (Lipinski definition) is 1. The SMILES string of the molecule is CCCNC1CCC(OCc2ccc(OC)c(Br)c2)CC1. The molecule has 0 aliphatic heterocycles. The predicted molar refractivity (Wildman–Crippen MR) is 89.8 cm³/mol. The minimum Gasteiger partial charge on any atom is -0.496 e. The van der Waals surface area contributed by atoms with Crippen molar-refractivity contribution in [3.05, 3.63) is 28.2 Å². The summed E-state index contributed by atoms with van der Waals surface area (Å²) >= 11 is 3.52. The Morgan fingerprint density at radius 1 is 1.24 bits per heavy atom. The second-order valence-corrected chi connectivity index (χ2v) is 6.56. The largest absolute Gasteiger partial charge is 0.496 e. The van der Waals surface area contributed by atoms with E-state index in [4.69, 9.17) is 9.47 Å². The van der Waals surface area contributed by atoms with Gasteiger partial charge in [-0.2, -0.15) is 0 Å². The van der Waals surface area contributed by atoms with Crippen molar-refractivity contribution >= 4 is 15.9 Å². The molecule has 0 bridgehead atoms. The molecule has 1 aliphatic carbocycles. The smallest absolute Gasteiger partial charge is 0.133 e. The van der Waals surface area contributed by atoms with Gasteiger partial charge in [0.15, 0.2) is 0 Å². The molecule has 4 heteroatoms. The van der Waals surface area contributed by atoms with Crippen molar-refractivity contribution in [3.63, 3.8) is 0 Å². The first kappa shape index (κ1) is 16.8. The average molecular weight is 356 g/mol. The Hall–Kier alpha value is -0.580. The van der Waals surface area contributed by atoms with Gasteiger partial charge in [0.2, 0.25) is 0 Å². The van der Waals surface area contributed by atoms with Crippen LogP contribution in [0.4, 0.5) is 0 Å². The Morgan fingerprint density at radius 3 is 2.62 bits per heavy atom. The molecule has 3 nitrogen and oxygen atoms in total. The van der Waals surface area contributed by atoms with E-state index < -0.39 is 0 Å². The maximum atomic E-state index is 6.06. The van der Waals surface area contributed by atoms with E-state index in [-0.39, 0.29) is 0 Å². The zero-order valence-electron chi connectivity index (χ0n) is 13.0. The Labute approximate surface area is 136 Å². The van der Waals surface area contributed by atoms with Crippen LogP contribution in [-0.4, -0.2) is 25.8 Å². The van der Waals surface area contributed by atoms with Crippen LogP contribution in [0.3, 0.4) is 0 Å². The number of nitrogens with one attached hydrogen (secondary N) is 1. The Bertz CT molecular complexity index is 431. The van der Waals surface area contributed by atoms with Crippen molar-refractivity contribution in [2.45, 2.75) is 57.8 Å². The van der Waals surface area contributed by atoms with Gasteiger partial charge in [-0.1, -0.05) is 13.0 Å². The molecule has 0 atom stereocenters. The van der Waals surface area contributed by atoms with Crippen LogP contribution in [0.15, 0.2) is 22.7 Å². The van der Waals surface area contributed by atoms with E-state index in [1.165, 1.54) is 37.7 Å².